The second kappa shape index (κ2) is 7.94. The van der Waals surface area contributed by atoms with Crippen molar-refractivity contribution in [3.8, 4) is 0 Å². The van der Waals surface area contributed by atoms with Crippen molar-refractivity contribution in [1.29, 1.82) is 0 Å². The molecule has 84 valence electrons. The van der Waals surface area contributed by atoms with Gasteiger partial charge in [0.1, 0.15) is 0 Å². The van der Waals surface area contributed by atoms with Crippen LogP contribution < -0.4 is 0 Å². The van der Waals surface area contributed by atoms with Gasteiger partial charge in [0, 0.05) is 6.42 Å². The van der Waals surface area contributed by atoms with Crippen molar-refractivity contribution < 1.29 is 19.7 Å². The molecule has 0 unspecified atom stereocenters. The van der Waals surface area contributed by atoms with Gasteiger partial charge in [-0.25, -0.2) is 0 Å². The highest BCUT2D eigenvalue weighted by atomic mass is 16.7. The lowest BCUT2D eigenvalue weighted by Crippen LogP contribution is -2.36. The molecular weight excluding hydrogens is 184 g/mol. The number of aliphatic hydroxyl groups excluding tert-OH is 2. The van der Waals surface area contributed by atoms with Crippen molar-refractivity contribution in [2.24, 2.45) is 0 Å². The largest absolute Gasteiger partial charge is 0.394 e. The van der Waals surface area contributed by atoms with E-state index in [1.54, 1.807) is 6.08 Å². The Balaban J connectivity index is 4.17. The molecule has 0 rings (SSSR count). The molecule has 4 nitrogen and oxygen atoms in total. The van der Waals surface area contributed by atoms with Crippen LogP contribution in [0.25, 0.3) is 0 Å². The Bertz CT molecular complexity index is 139. The van der Waals surface area contributed by atoms with Crippen LogP contribution in [0.2, 0.25) is 0 Å². The maximum atomic E-state index is 8.66. The van der Waals surface area contributed by atoms with Gasteiger partial charge in [-0.3, -0.25) is 0 Å². The molecule has 0 aromatic heterocycles. The molecule has 4 heteroatoms. The van der Waals surface area contributed by atoms with Gasteiger partial charge in [-0.2, -0.15) is 0 Å². The van der Waals surface area contributed by atoms with Gasteiger partial charge < -0.3 is 19.7 Å². The fourth-order valence-electron chi connectivity index (χ4n) is 1.19. The van der Waals surface area contributed by atoms with Gasteiger partial charge in [-0.05, 0) is 6.42 Å². The predicted octanol–water partition coefficient (Wildman–Crippen LogP) is 0.687. The Morgan fingerprint density at radius 2 is 1.71 bits per heavy atom. The first-order chi connectivity index (χ1) is 6.74. The van der Waals surface area contributed by atoms with E-state index in [2.05, 4.69) is 6.58 Å². The maximum Gasteiger partial charge on any atom is 0.171 e. The molecular formula is C10H20O4. The van der Waals surface area contributed by atoms with E-state index in [4.69, 9.17) is 19.7 Å². The van der Waals surface area contributed by atoms with Gasteiger partial charge in [0.2, 0.25) is 0 Å². The van der Waals surface area contributed by atoms with Crippen LogP contribution in [0, 0.1) is 0 Å². The molecule has 0 aliphatic heterocycles. The van der Waals surface area contributed by atoms with Gasteiger partial charge in [0.15, 0.2) is 5.79 Å². The highest BCUT2D eigenvalue weighted by Crippen LogP contribution is 2.22. The Morgan fingerprint density at radius 1 is 1.21 bits per heavy atom. The molecule has 0 spiro atoms. The van der Waals surface area contributed by atoms with Crippen LogP contribution in [0.15, 0.2) is 12.7 Å². The first kappa shape index (κ1) is 13.6. The summed E-state index contributed by atoms with van der Waals surface area (Å²) < 4.78 is 10.8. The van der Waals surface area contributed by atoms with Gasteiger partial charge in [0.05, 0.1) is 26.4 Å². The molecule has 0 saturated heterocycles. The lowest BCUT2D eigenvalue weighted by Gasteiger charge is -2.31. The molecule has 0 heterocycles. The van der Waals surface area contributed by atoms with Crippen LogP contribution in [-0.2, 0) is 9.47 Å². The van der Waals surface area contributed by atoms with Crippen molar-refractivity contribution in [3.05, 3.63) is 12.7 Å². The van der Waals surface area contributed by atoms with E-state index < -0.39 is 5.79 Å². The maximum absolute atomic E-state index is 8.66. The van der Waals surface area contributed by atoms with Gasteiger partial charge >= 0.3 is 0 Å². The molecule has 0 amide bonds. The fraction of sp³-hybridized carbons (Fsp3) is 0.800. The summed E-state index contributed by atoms with van der Waals surface area (Å²) in [6, 6.07) is 0. The third-order valence-electron chi connectivity index (χ3n) is 1.91. The standard InChI is InChI=1S/C10H20O4/c1-3-5-10(4-2,13-8-6-11)14-9-7-12/h3,11-12H,1,4-9H2,2H3. The quantitative estimate of drug-likeness (QED) is 0.428. The van der Waals surface area contributed by atoms with Gasteiger partial charge in [-0.15, -0.1) is 6.58 Å². The van der Waals surface area contributed by atoms with E-state index in [1.807, 2.05) is 6.92 Å². The summed E-state index contributed by atoms with van der Waals surface area (Å²) in [6.45, 7) is 5.93. The Kier molecular flexibility index (Phi) is 7.70. The van der Waals surface area contributed by atoms with Crippen molar-refractivity contribution in [3.63, 3.8) is 0 Å². The van der Waals surface area contributed by atoms with Crippen molar-refractivity contribution >= 4 is 0 Å². The smallest absolute Gasteiger partial charge is 0.171 e. The first-order valence-electron chi connectivity index (χ1n) is 4.85. The monoisotopic (exact) mass is 204 g/mol. The third-order valence-corrected chi connectivity index (χ3v) is 1.91. The van der Waals surface area contributed by atoms with E-state index in [1.165, 1.54) is 0 Å². The highest BCUT2D eigenvalue weighted by Gasteiger charge is 2.28. The first-order valence-corrected chi connectivity index (χ1v) is 4.85. The van der Waals surface area contributed by atoms with Crippen LogP contribution in [0.3, 0.4) is 0 Å². The van der Waals surface area contributed by atoms with E-state index in [-0.39, 0.29) is 26.4 Å². The summed E-state index contributed by atoms with van der Waals surface area (Å²) in [7, 11) is 0. The minimum absolute atomic E-state index is 0.0403. The van der Waals surface area contributed by atoms with E-state index in [9.17, 15) is 0 Å². The van der Waals surface area contributed by atoms with E-state index >= 15 is 0 Å². The molecule has 0 radical (unpaired) electrons. The van der Waals surface area contributed by atoms with Gasteiger partial charge in [-0.1, -0.05) is 13.0 Å². The summed E-state index contributed by atoms with van der Waals surface area (Å²) in [4.78, 5) is 0. The normalized spacial score (nSPS) is 11.6. The highest BCUT2D eigenvalue weighted by molar-refractivity contribution is 4.80. The Hall–Kier alpha value is -0.420. The minimum Gasteiger partial charge on any atom is -0.394 e. The zero-order valence-electron chi connectivity index (χ0n) is 8.74. The van der Waals surface area contributed by atoms with E-state index in [0.717, 1.165) is 0 Å². The lowest BCUT2D eigenvalue weighted by molar-refractivity contribution is -0.242. The number of rotatable bonds is 9. The average molecular weight is 204 g/mol. The number of aliphatic hydroxyl groups is 2. The van der Waals surface area contributed by atoms with Crippen molar-refractivity contribution in [2.45, 2.75) is 25.6 Å². The predicted molar refractivity (Wildman–Crippen MR) is 53.9 cm³/mol. The molecule has 0 aromatic rings. The zero-order chi connectivity index (χ0) is 10.9. The molecule has 0 atom stereocenters. The SMILES string of the molecule is C=CCC(CC)(OCCO)OCCO. The molecule has 2 N–H and O–H groups in total. The second-order valence-electron chi connectivity index (χ2n) is 2.90. The van der Waals surface area contributed by atoms with Crippen LogP contribution in [0.5, 0.6) is 0 Å². The molecule has 14 heavy (non-hydrogen) atoms. The number of ether oxygens (including phenoxy) is 2. The summed E-state index contributed by atoms with van der Waals surface area (Å²) >= 11 is 0. The molecule has 0 aliphatic rings. The lowest BCUT2D eigenvalue weighted by atomic mass is 10.1. The molecule has 0 saturated carbocycles. The van der Waals surface area contributed by atoms with Crippen LogP contribution in [0.4, 0.5) is 0 Å². The van der Waals surface area contributed by atoms with E-state index in [0.29, 0.717) is 12.8 Å². The van der Waals surface area contributed by atoms with Gasteiger partial charge in [0.25, 0.3) is 0 Å². The molecule has 0 aromatic carbocycles. The van der Waals surface area contributed by atoms with Crippen molar-refractivity contribution in [2.75, 3.05) is 26.4 Å². The second-order valence-corrected chi connectivity index (χ2v) is 2.90. The summed E-state index contributed by atoms with van der Waals surface area (Å²) in [6.07, 6.45) is 2.90. The Labute approximate surface area is 85.1 Å². The fourth-order valence-corrected chi connectivity index (χ4v) is 1.19. The van der Waals surface area contributed by atoms with Crippen molar-refractivity contribution in [1.82, 2.24) is 0 Å². The number of hydrogen-bond acceptors (Lipinski definition) is 4. The molecule has 0 aliphatic carbocycles. The third kappa shape index (κ3) is 4.72. The zero-order valence-corrected chi connectivity index (χ0v) is 8.74. The summed E-state index contributed by atoms with van der Waals surface area (Å²) in [5.41, 5.74) is 0. The van der Waals surface area contributed by atoms with Crippen LogP contribution in [0.1, 0.15) is 19.8 Å². The van der Waals surface area contributed by atoms with Crippen LogP contribution in [-0.4, -0.2) is 42.4 Å². The number of hydrogen-bond donors (Lipinski definition) is 2. The Morgan fingerprint density at radius 3 is 2.00 bits per heavy atom. The summed E-state index contributed by atoms with van der Waals surface area (Å²) in [5, 5.41) is 17.3. The van der Waals surface area contributed by atoms with Crippen LogP contribution >= 0.6 is 0 Å². The topological polar surface area (TPSA) is 58.9 Å². The molecule has 0 fully saturated rings. The summed E-state index contributed by atoms with van der Waals surface area (Å²) in [5.74, 6) is -0.743. The average Bonchev–Trinajstić information content (AvgIpc) is 2.22. The minimum atomic E-state index is -0.743. The molecule has 0 bridgehead atoms.